The highest BCUT2D eigenvalue weighted by Gasteiger charge is 2.34. The van der Waals surface area contributed by atoms with E-state index in [-0.39, 0.29) is 5.82 Å². The van der Waals surface area contributed by atoms with Crippen LogP contribution in [0.2, 0.25) is 0 Å². The predicted molar refractivity (Wildman–Crippen MR) is 52.6 cm³/mol. The van der Waals surface area contributed by atoms with Crippen molar-refractivity contribution >= 4 is 22.6 Å². The van der Waals surface area contributed by atoms with Gasteiger partial charge in [0, 0.05) is 6.20 Å². The van der Waals surface area contributed by atoms with Crippen LogP contribution < -0.4 is 0 Å². The third kappa shape index (κ3) is 3.51. The van der Waals surface area contributed by atoms with Crippen molar-refractivity contribution in [1.82, 2.24) is 4.98 Å². The van der Waals surface area contributed by atoms with Crippen LogP contribution in [0.25, 0.3) is 0 Å². The van der Waals surface area contributed by atoms with E-state index < -0.39 is 11.3 Å². The minimum absolute atomic E-state index is 0.0467. The highest BCUT2D eigenvalue weighted by atomic mass is 35.5. The van der Waals surface area contributed by atoms with Gasteiger partial charge in [-0.1, -0.05) is 24.6 Å². The molecule has 0 fully saturated rings. The van der Waals surface area contributed by atoms with Gasteiger partial charge < -0.3 is 0 Å². The molecule has 2 nitrogen and oxygen atoms in total. The maximum atomic E-state index is 12.0. The first-order valence-electron chi connectivity index (χ1n) is 4.19. The molecule has 0 aliphatic rings. The number of hydrogen-bond donors (Lipinski definition) is 0. The molecule has 1 rings (SSSR count). The molecule has 1 aromatic heterocycles. The molecule has 0 N–H and O–H groups in total. The lowest BCUT2D eigenvalue weighted by Crippen LogP contribution is -2.16. The highest BCUT2D eigenvalue weighted by Crippen LogP contribution is 2.22. The van der Waals surface area contributed by atoms with Gasteiger partial charge in [-0.25, -0.2) is 9.98 Å². The Kier molecular flexibility index (Phi) is 3.68. The molecule has 0 unspecified atom stereocenters. The Bertz CT molecular complexity index is 357. The van der Waals surface area contributed by atoms with Gasteiger partial charge in [-0.15, -0.1) is 0 Å². The van der Waals surface area contributed by atoms with E-state index in [4.69, 9.17) is 11.6 Å². The molecule has 0 aliphatic heterocycles. The van der Waals surface area contributed by atoms with Crippen LogP contribution in [-0.4, -0.2) is 16.3 Å². The first-order valence-corrected chi connectivity index (χ1v) is 4.57. The van der Waals surface area contributed by atoms with Crippen LogP contribution in [0, 0.1) is 0 Å². The lowest BCUT2D eigenvalue weighted by Gasteiger charge is -2.02. The van der Waals surface area contributed by atoms with Gasteiger partial charge in [0.2, 0.25) is 5.17 Å². The van der Waals surface area contributed by atoms with Crippen LogP contribution in [-0.2, 0) is 6.42 Å². The molecule has 0 radical (unpaired) electrons. The van der Waals surface area contributed by atoms with Crippen LogP contribution in [0.1, 0.15) is 12.5 Å². The normalized spacial score (nSPS) is 13.0. The summed E-state index contributed by atoms with van der Waals surface area (Å²) < 4.78 is 36.0. The maximum absolute atomic E-state index is 12.0. The molecule has 0 amide bonds. The lowest BCUT2D eigenvalue weighted by atomic mass is 10.2. The number of halogens is 4. The van der Waals surface area contributed by atoms with Gasteiger partial charge in [-0.2, -0.15) is 13.2 Å². The van der Waals surface area contributed by atoms with Crippen LogP contribution in [0.5, 0.6) is 0 Å². The number of nitrogens with zero attached hydrogens (tertiary/aromatic N) is 2. The number of alkyl halides is 3. The van der Waals surface area contributed by atoms with E-state index in [2.05, 4.69) is 9.98 Å². The van der Waals surface area contributed by atoms with Gasteiger partial charge >= 0.3 is 6.18 Å². The first kappa shape index (κ1) is 12.0. The fourth-order valence-electron chi connectivity index (χ4n) is 0.856. The molecule has 0 aromatic carbocycles. The van der Waals surface area contributed by atoms with E-state index in [0.717, 1.165) is 12.0 Å². The van der Waals surface area contributed by atoms with Crippen molar-refractivity contribution in [2.45, 2.75) is 19.5 Å². The van der Waals surface area contributed by atoms with E-state index >= 15 is 0 Å². The molecular formula is C9H8ClF3N2. The summed E-state index contributed by atoms with van der Waals surface area (Å²) in [4.78, 5) is 6.88. The lowest BCUT2D eigenvalue weighted by molar-refractivity contribution is -0.0558. The summed E-state index contributed by atoms with van der Waals surface area (Å²) in [5.74, 6) is -0.0467. The fraction of sp³-hybridized carbons (Fsp3) is 0.333. The minimum Gasteiger partial charge on any atom is -0.237 e. The standard InChI is InChI=1S/C9H8ClF3N2/c1-2-6-3-4-7(14-5-6)15-8(10)9(11,12)13/h3-5H,2H2,1H3. The quantitative estimate of drug-likeness (QED) is 0.722. The number of aromatic nitrogens is 1. The molecule has 1 heterocycles. The third-order valence-electron chi connectivity index (χ3n) is 1.66. The van der Waals surface area contributed by atoms with Crippen molar-refractivity contribution in [3.8, 4) is 0 Å². The summed E-state index contributed by atoms with van der Waals surface area (Å²) in [6.45, 7) is 1.92. The Morgan fingerprint density at radius 3 is 2.53 bits per heavy atom. The summed E-state index contributed by atoms with van der Waals surface area (Å²) in [7, 11) is 0. The summed E-state index contributed by atoms with van der Waals surface area (Å²) in [6, 6.07) is 3.05. The second kappa shape index (κ2) is 4.61. The Hall–Kier alpha value is -1.10. The molecule has 0 spiro atoms. The number of rotatable bonds is 2. The van der Waals surface area contributed by atoms with E-state index in [1.165, 1.54) is 12.3 Å². The Morgan fingerprint density at radius 2 is 2.13 bits per heavy atom. The SMILES string of the molecule is CCc1ccc(N=C(Cl)C(F)(F)F)nc1. The zero-order valence-corrected chi connectivity index (χ0v) is 8.60. The molecule has 0 bridgehead atoms. The molecule has 82 valence electrons. The van der Waals surface area contributed by atoms with Gasteiger partial charge in [0.25, 0.3) is 0 Å². The van der Waals surface area contributed by atoms with Crippen LogP contribution in [0.15, 0.2) is 23.3 Å². The topological polar surface area (TPSA) is 25.2 Å². The van der Waals surface area contributed by atoms with E-state index in [0.29, 0.717) is 0 Å². The molecule has 15 heavy (non-hydrogen) atoms. The number of aliphatic imine (C=N–C) groups is 1. The van der Waals surface area contributed by atoms with Crippen molar-refractivity contribution in [3.05, 3.63) is 23.9 Å². The third-order valence-corrected chi connectivity index (χ3v) is 1.96. The second-order valence-electron chi connectivity index (χ2n) is 2.78. The van der Waals surface area contributed by atoms with Crippen molar-refractivity contribution in [2.24, 2.45) is 4.99 Å². The largest absolute Gasteiger partial charge is 0.444 e. The second-order valence-corrected chi connectivity index (χ2v) is 3.14. The van der Waals surface area contributed by atoms with Gasteiger partial charge in [0.15, 0.2) is 5.82 Å². The summed E-state index contributed by atoms with van der Waals surface area (Å²) in [5.41, 5.74) is 0.928. The molecule has 1 aromatic rings. The van der Waals surface area contributed by atoms with Gasteiger partial charge in [0.05, 0.1) is 0 Å². The van der Waals surface area contributed by atoms with E-state index in [1.807, 2.05) is 6.92 Å². The Balaban J connectivity index is 2.89. The van der Waals surface area contributed by atoms with Crippen molar-refractivity contribution < 1.29 is 13.2 Å². The Morgan fingerprint density at radius 1 is 1.47 bits per heavy atom. The van der Waals surface area contributed by atoms with Crippen molar-refractivity contribution in [1.29, 1.82) is 0 Å². The summed E-state index contributed by atoms with van der Waals surface area (Å²) >= 11 is 4.95. The number of aryl methyl sites for hydroxylation is 1. The molecule has 6 heteroatoms. The first-order chi connectivity index (χ1) is 6.93. The van der Waals surface area contributed by atoms with Crippen LogP contribution in [0.3, 0.4) is 0 Å². The predicted octanol–water partition coefficient (Wildman–Crippen LogP) is 3.48. The molecule has 0 saturated carbocycles. The average Bonchev–Trinajstić information content (AvgIpc) is 2.17. The number of hydrogen-bond acceptors (Lipinski definition) is 2. The molecular weight excluding hydrogens is 229 g/mol. The highest BCUT2D eigenvalue weighted by molar-refractivity contribution is 6.67. The zero-order valence-electron chi connectivity index (χ0n) is 7.85. The van der Waals surface area contributed by atoms with Crippen LogP contribution in [0.4, 0.5) is 19.0 Å². The molecule has 0 saturated heterocycles. The van der Waals surface area contributed by atoms with E-state index in [9.17, 15) is 13.2 Å². The smallest absolute Gasteiger partial charge is 0.237 e. The summed E-state index contributed by atoms with van der Waals surface area (Å²) in [5, 5.41) is -1.42. The fourth-order valence-corrected chi connectivity index (χ4v) is 0.943. The van der Waals surface area contributed by atoms with Crippen molar-refractivity contribution in [3.63, 3.8) is 0 Å². The van der Waals surface area contributed by atoms with Gasteiger partial charge in [-0.3, -0.25) is 0 Å². The van der Waals surface area contributed by atoms with Gasteiger partial charge in [0.1, 0.15) is 0 Å². The van der Waals surface area contributed by atoms with Crippen molar-refractivity contribution in [2.75, 3.05) is 0 Å². The maximum Gasteiger partial charge on any atom is 0.444 e. The molecule has 0 atom stereocenters. The zero-order chi connectivity index (χ0) is 11.5. The van der Waals surface area contributed by atoms with E-state index in [1.54, 1.807) is 6.07 Å². The number of pyridine rings is 1. The van der Waals surface area contributed by atoms with Crippen LogP contribution >= 0.6 is 11.6 Å². The monoisotopic (exact) mass is 236 g/mol. The Labute approximate surface area is 89.8 Å². The minimum atomic E-state index is -4.62. The average molecular weight is 237 g/mol. The summed E-state index contributed by atoms with van der Waals surface area (Å²) in [6.07, 6.45) is -2.38. The van der Waals surface area contributed by atoms with Gasteiger partial charge in [-0.05, 0) is 18.1 Å². The molecule has 0 aliphatic carbocycles.